The van der Waals surface area contributed by atoms with Crippen LogP contribution in [0.4, 0.5) is 4.39 Å². The van der Waals surface area contributed by atoms with Crippen LogP contribution < -0.4 is 0 Å². The van der Waals surface area contributed by atoms with Gasteiger partial charge in [-0.3, -0.25) is 4.79 Å². The summed E-state index contributed by atoms with van der Waals surface area (Å²) in [7, 11) is 0. The number of rotatable bonds is 2. The molecule has 0 atom stereocenters. The van der Waals surface area contributed by atoms with Crippen LogP contribution in [0.3, 0.4) is 0 Å². The lowest BCUT2D eigenvalue weighted by Crippen LogP contribution is -1.99. The van der Waals surface area contributed by atoms with Crippen molar-refractivity contribution in [3.8, 4) is 5.69 Å². The van der Waals surface area contributed by atoms with E-state index in [1.54, 1.807) is 0 Å². The quantitative estimate of drug-likeness (QED) is 0.670. The maximum absolute atomic E-state index is 13.4. The first kappa shape index (κ1) is 8.55. The van der Waals surface area contributed by atoms with Crippen LogP contribution in [-0.2, 0) is 0 Å². The van der Waals surface area contributed by atoms with Gasteiger partial charge >= 0.3 is 0 Å². The summed E-state index contributed by atoms with van der Waals surface area (Å²) in [5.41, 5.74) is 0.569. The smallest absolute Gasteiger partial charge is 0.150 e. The van der Waals surface area contributed by atoms with E-state index in [0.717, 1.165) is 6.07 Å². The molecule has 1 aromatic carbocycles. The van der Waals surface area contributed by atoms with Gasteiger partial charge in [-0.05, 0) is 18.2 Å². The molecule has 14 heavy (non-hydrogen) atoms. The summed E-state index contributed by atoms with van der Waals surface area (Å²) in [5, 5.41) is 7.20. The zero-order valence-electron chi connectivity index (χ0n) is 7.09. The summed E-state index contributed by atoms with van der Waals surface area (Å²) >= 11 is 0. The van der Waals surface area contributed by atoms with Crippen molar-refractivity contribution in [2.45, 2.75) is 0 Å². The lowest BCUT2D eigenvalue weighted by atomic mass is 10.2. The Kier molecular flexibility index (Phi) is 2.06. The van der Waals surface area contributed by atoms with Crippen molar-refractivity contribution in [2.24, 2.45) is 0 Å². The highest BCUT2D eigenvalue weighted by atomic mass is 19.1. The van der Waals surface area contributed by atoms with Crippen LogP contribution in [-0.4, -0.2) is 21.3 Å². The third kappa shape index (κ3) is 1.39. The van der Waals surface area contributed by atoms with Crippen LogP contribution in [0.15, 0.2) is 30.6 Å². The molecular formula is C9H6FN3O. The van der Waals surface area contributed by atoms with Gasteiger partial charge in [0.15, 0.2) is 0 Å². The largest absolute Gasteiger partial charge is 0.298 e. The van der Waals surface area contributed by atoms with Gasteiger partial charge in [0.25, 0.3) is 0 Å². The maximum Gasteiger partial charge on any atom is 0.150 e. The third-order valence-electron chi connectivity index (χ3n) is 1.78. The first-order chi connectivity index (χ1) is 6.81. The molecule has 70 valence electrons. The molecule has 0 saturated heterocycles. The predicted molar refractivity (Wildman–Crippen MR) is 46.7 cm³/mol. The molecule has 2 rings (SSSR count). The first-order valence-corrected chi connectivity index (χ1v) is 3.92. The molecule has 0 amide bonds. The zero-order valence-corrected chi connectivity index (χ0v) is 7.09. The zero-order chi connectivity index (χ0) is 9.97. The number of nitrogens with zero attached hydrogens (tertiary/aromatic N) is 3. The van der Waals surface area contributed by atoms with Gasteiger partial charge in [-0.25, -0.2) is 9.07 Å². The van der Waals surface area contributed by atoms with Crippen LogP contribution in [0.2, 0.25) is 0 Å². The molecule has 0 saturated carbocycles. The summed E-state index contributed by atoms with van der Waals surface area (Å²) in [6.45, 7) is 0. The van der Waals surface area contributed by atoms with Crippen LogP contribution in [0.1, 0.15) is 10.4 Å². The summed E-state index contributed by atoms with van der Waals surface area (Å²) < 4.78 is 14.6. The molecule has 5 heteroatoms. The van der Waals surface area contributed by atoms with Crippen molar-refractivity contribution in [1.29, 1.82) is 0 Å². The lowest BCUT2D eigenvalue weighted by molar-refractivity contribution is 0.112. The average molecular weight is 191 g/mol. The second-order valence-electron chi connectivity index (χ2n) is 2.68. The molecule has 0 N–H and O–H groups in total. The fourth-order valence-electron chi connectivity index (χ4n) is 1.12. The Balaban J connectivity index is 2.51. The van der Waals surface area contributed by atoms with E-state index in [2.05, 4.69) is 10.3 Å². The minimum absolute atomic E-state index is 0.271. The van der Waals surface area contributed by atoms with E-state index in [1.807, 2.05) is 0 Å². The highest BCUT2D eigenvalue weighted by molar-refractivity contribution is 5.75. The first-order valence-electron chi connectivity index (χ1n) is 3.92. The molecule has 0 bridgehead atoms. The van der Waals surface area contributed by atoms with Crippen LogP contribution in [0.5, 0.6) is 0 Å². The molecule has 0 aliphatic carbocycles. The Bertz CT molecular complexity index is 453. The van der Waals surface area contributed by atoms with Crippen LogP contribution >= 0.6 is 0 Å². The fraction of sp³-hybridized carbons (Fsp3) is 0. The lowest BCUT2D eigenvalue weighted by Gasteiger charge is -2.01. The molecule has 1 aromatic heterocycles. The van der Waals surface area contributed by atoms with E-state index < -0.39 is 5.82 Å². The topological polar surface area (TPSA) is 47.8 Å². The molecule has 0 radical (unpaired) electrons. The highest BCUT2D eigenvalue weighted by Crippen LogP contribution is 2.12. The summed E-state index contributed by atoms with van der Waals surface area (Å²) in [6, 6.07) is 4.16. The minimum Gasteiger partial charge on any atom is -0.298 e. The Morgan fingerprint density at radius 1 is 1.43 bits per heavy atom. The van der Waals surface area contributed by atoms with Crippen LogP contribution in [0.25, 0.3) is 5.69 Å². The van der Waals surface area contributed by atoms with Crippen molar-refractivity contribution in [3.63, 3.8) is 0 Å². The van der Waals surface area contributed by atoms with Crippen molar-refractivity contribution in [2.75, 3.05) is 0 Å². The molecule has 4 nitrogen and oxygen atoms in total. The molecule has 0 unspecified atom stereocenters. The minimum atomic E-state index is -0.500. The number of aromatic nitrogens is 3. The molecule has 0 fully saturated rings. The van der Waals surface area contributed by atoms with Crippen molar-refractivity contribution in [1.82, 2.24) is 15.0 Å². The Morgan fingerprint density at radius 2 is 2.29 bits per heavy atom. The Morgan fingerprint density at radius 3 is 2.86 bits per heavy atom. The van der Waals surface area contributed by atoms with E-state index in [0.29, 0.717) is 11.8 Å². The molecule has 1 heterocycles. The number of carbonyl (C=O) groups excluding carboxylic acids is 1. The standard InChI is InChI=1S/C9H6FN3O/c10-8-5-7(6-14)1-2-9(8)13-4-3-11-12-13/h1-6H. The molecule has 0 aliphatic heterocycles. The highest BCUT2D eigenvalue weighted by Gasteiger charge is 2.05. The average Bonchev–Trinajstić information content (AvgIpc) is 2.70. The van der Waals surface area contributed by atoms with E-state index in [1.165, 1.54) is 29.2 Å². The normalized spacial score (nSPS) is 10.1. The number of hydrogen-bond donors (Lipinski definition) is 0. The van der Waals surface area contributed by atoms with E-state index in [9.17, 15) is 9.18 Å². The third-order valence-corrected chi connectivity index (χ3v) is 1.78. The van der Waals surface area contributed by atoms with E-state index >= 15 is 0 Å². The Labute approximate surface area is 79.0 Å². The molecular weight excluding hydrogens is 185 g/mol. The van der Waals surface area contributed by atoms with E-state index in [-0.39, 0.29) is 5.69 Å². The van der Waals surface area contributed by atoms with Gasteiger partial charge in [-0.2, -0.15) is 0 Å². The monoisotopic (exact) mass is 191 g/mol. The summed E-state index contributed by atoms with van der Waals surface area (Å²) in [6.07, 6.45) is 3.57. The number of carbonyl (C=O) groups is 1. The van der Waals surface area contributed by atoms with Gasteiger partial charge < -0.3 is 0 Å². The van der Waals surface area contributed by atoms with Crippen molar-refractivity contribution in [3.05, 3.63) is 42.0 Å². The molecule has 0 aliphatic rings. The van der Waals surface area contributed by atoms with Gasteiger partial charge in [0.05, 0.1) is 12.4 Å². The predicted octanol–water partition coefficient (Wildman–Crippen LogP) is 1.22. The fourth-order valence-corrected chi connectivity index (χ4v) is 1.12. The van der Waals surface area contributed by atoms with Gasteiger partial charge in [0.1, 0.15) is 17.8 Å². The second-order valence-corrected chi connectivity index (χ2v) is 2.68. The second kappa shape index (κ2) is 3.37. The summed E-state index contributed by atoms with van der Waals surface area (Å²) in [5.74, 6) is -0.500. The number of halogens is 1. The number of benzene rings is 1. The van der Waals surface area contributed by atoms with Gasteiger partial charge in [0, 0.05) is 5.56 Å². The number of aldehydes is 1. The molecule has 0 spiro atoms. The van der Waals surface area contributed by atoms with Crippen LogP contribution in [0, 0.1) is 5.82 Å². The van der Waals surface area contributed by atoms with Gasteiger partial charge in [0.2, 0.25) is 0 Å². The SMILES string of the molecule is O=Cc1ccc(-n2ccnn2)c(F)c1. The summed E-state index contributed by atoms with van der Waals surface area (Å²) in [4.78, 5) is 10.4. The number of hydrogen-bond acceptors (Lipinski definition) is 3. The Hall–Kier alpha value is -2.04. The molecule has 2 aromatic rings. The van der Waals surface area contributed by atoms with Gasteiger partial charge in [-0.15, -0.1) is 5.10 Å². The van der Waals surface area contributed by atoms with Gasteiger partial charge in [-0.1, -0.05) is 5.21 Å². The van der Waals surface area contributed by atoms with Crippen molar-refractivity contribution >= 4 is 6.29 Å². The van der Waals surface area contributed by atoms with Crippen molar-refractivity contribution < 1.29 is 9.18 Å². The van der Waals surface area contributed by atoms with E-state index in [4.69, 9.17) is 0 Å². The maximum atomic E-state index is 13.4.